The molecule has 0 aliphatic heterocycles. The van der Waals surface area contributed by atoms with Crippen LogP contribution in [0.5, 0.6) is 5.75 Å². The van der Waals surface area contributed by atoms with Crippen LogP contribution in [0, 0.1) is 22.9 Å². The zero-order chi connectivity index (χ0) is 15.6. The molecule has 2 aromatic carbocycles. The number of nitrogens with one attached hydrogen (secondary N) is 1. The Bertz CT molecular complexity index is 731. The second kappa shape index (κ2) is 5.58. The van der Waals surface area contributed by atoms with E-state index in [2.05, 4.69) is 5.32 Å². The molecule has 0 aromatic heterocycles. The van der Waals surface area contributed by atoms with Gasteiger partial charge < -0.3 is 10.4 Å². The number of amides is 1. The van der Waals surface area contributed by atoms with Crippen molar-refractivity contribution in [3.63, 3.8) is 0 Å². The summed E-state index contributed by atoms with van der Waals surface area (Å²) in [7, 11) is 0. The number of hydrogen-bond donors (Lipinski definition) is 2. The lowest BCUT2D eigenvalue weighted by atomic mass is 10.1. The number of phenolic OH excluding ortho intramolecular Hbond substituents is 1. The van der Waals surface area contributed by atoms with Crippen LogP contribution in [0.1, 0.15) is 15.9 Å². The largest absolute Gasteiger partial charge is 0.508 e. The smallest absolute Gasteiger partial charge is 0.296 e. The zero-order valence-corrected chi connectivity index (χ0v) is 11.0. The molecule has 0 radical (unpaired) electrons. The third kappa shape index (κ3) is 3.14. The number of halogens is 1. The summed E-state index contributed by atoms with van der Waals surface area (Å²) in [6.07, 6.45) is 0. The SMILES string of the molecule is Cc1cc(C(=O)Nc2ccc(O)cc2[N+](=O)[O-])ccc1F. The highest BCUT2D eigenvalue weighted by Crippen LogP contribution is 2.28. The summed E-state index contributed by atoms with van der Waals surface area (Å²) in [6.45, 7) is 1.51. The highest BCUT2D eigenvalue weighted by atomic mass is 19.1. The molecule has 0 spiro atoms. The topological polar surface area (TPSA) is 92.5 Å². The molecule has 0 bridgehead atoms. The molecule has 108 valence electrons. The van der Waals surface area contributed by atoms with Crippen LogP contribution < -0.4 is 5.32 Å². The van der Waals surface area contributed by atoms with E-state index in [0.717, 1.165) is 12.1 Å². The van der Waals surface area contributed by atoms with E-state index in [9.17, 15) is 24.4 Å². The second-order valence-electron chi connectivity index (χ2n) is 4.38. The van der Waals surface area contributed by atoms with Gasteiger partial charge in [0.25, 0.3) is 11.6 Å². The van der Waals surface area contributed by atoms with Crippen molar-refractivity contribution in [1.29, 1.82) is 0 Å². The normalized spacial score (nSPS) is 10.2. The number of rotatable bonds is 3. The van der Waals surface area contributed by atoms with Crippen molar-refractivity contribution >= 4 is 17.3 Å². The molecule has 7 heteroatoms. The molecule has 2 N–H and O–H groups in total. The molecular weight excluding hydrogens is 279 g/mol. The standard InChI is InChI=1S/C14H11FN2O4/c1-8-6-9(2-4-11(8)15)14(19)16-12-5-3-10(18)7-13(12)17(20)21/h2-7,18H,1H3,(H,16,19). The minimum Gasteiger partial charge on any atom is -0.508 e. The fraction of sp³-hybridized carbons (Fsp3) is 0.0714. The molecule has 0 aliphatic carbocycles. The lowest BCUT2D eigenvalue weighted by Gasteiger charge is -2.07. The van der Waals surface area contributed by atoms with Gasteiger partial charge in [-0.3, -0.25) is 14.9 Å². The van der Waals surface area contributed by atoms with Crippen LogP contribution in [0.3, 0.4) is 0 Å². The van der Waals surface area contributed by atoms with Crippen LogP contribution in [-0.2, 0) is 0 Å². The van der Waals surface area contributed by atoms with Crippen molar-refractivity contribution in [2.75, 3.05) is 5.32 Å². The first kappa shape index (κ1) is 14.4. The Kier molecular flexibility index (Phi) is 3.84. The highest BCUT2D eigenvalue weighted by molar-refractivity contribution is 6.05. The fourth-order valence-corrected chi connectivity index (χ4v) is 1.76. The molecular formula is C14H11FN2O4. The first-order valence-corrected chi connectivity index (χ1v) is 5.93. The molecule has 0 aliphatic rings. The number of carbonyl (C=O) groups excluding carboxylic acids is 1. The van der Waals surface area contributed by atoms with Crippen LogP contribution in [0.4, 0.5) is 15.8 Å². The Hall–Kier alpha value is -2.96. The van der Waals surface area contributed by atoms with E-state index < -0.39 is 22.3 Å². The summed E-state index contributed by atoms with van der Waals surface area (Å²) in [6, 6.07) is 7.15. The van der Waals surface area contributed by atoms with Crippen molar-refractivity contribution in [3.05, 3.63) is 63.5 Å². The monoisotopic (exact) mass is 290 g/mol. The summed E-state index contributed by atoms with van der Waals surface area (Å²) in [5.41, 5.74) is -0.00825. The van der Waals surface area contributed by atoms with Crippen LogP contribution in [-0.4, -0.2) is 15.9 Å². The molecule has 0 saturated heterocycles. The number of anilines is 1. The van der Waals surface area contributed by atoms with Crippen molar-refractivity contribution in [2.45, 2.75) is 6.92 Å². The maximum Gasteiger partial charge on any atom is 0.296 e. The molecule has 0 heterocycles. The van der Waals surface area contributed by atoms with E-state index in [1.807, 2.05) is 0 Å². The van der Waals surface area contributed by atoms with E-state index in [-0.39, 0.29) is 17.0 Å². The van der Waals surface area contributed by atoms with E-state index in [0.29, 0.717) is 5.56 Å². The van der Waals surface area contributed by atoms with Gasteiger partial charge in [0.05, 0.1) is 11.0 Å². The molecule has 0 unspecified atom stereocenters. The molecule has 0 atom stereocenters. The Balaban J connectivity index is 2.31. The van der Waals surface area contributed by atoms with Crippen LogP contribution in [0.15, 0.2) is 36.4 Å². The zero-order valence-electron chi connectivity index (χ0n) is 11.0. The number of nitro groups is 1. The number of benzene rings is 2. The second-order valence-corrected chi connectivity index (χ2v) is 4.38. The lowest BCUT2D eigenvalue weighted by molar-refractivity contribution is -0.384. The number of aromatic hydroxyl groups is 1. The average Bonchev–Trinajstić information content (AvgIpc) is 2.43. The van der Waals surface area contributed by atoms with Gasteiger partial charge in [0.2, 0.25) is 0 Å². The average molecular weight is 290 g/mol. The molecule has 21 heavy (non-hydrogen) atoms. The van der Waals surface area contributed by atoms with Gasteiger partial charge >= 0.3 is 0 Å². The molecule has 2 rings (SSSR count). The fourth-order valence-electron chi connectivity index (χ4n) is 1.76. The Morgan fingerprint density at radius 3 is 2.62 bits per heavy atom. The summed E-state index contributed by atoms with van der Waals surface area (Å²) in [5, 5.41) is 22.5. The third-order valence-electron chi connectivity index (χ3n) is 2.85. The van der Waals surface area contributed by atoms with Crippen molar-refractivity contribution < 1.29 is 19.2 Å². The quantitative estimate of drug-likeness (QED) is 0.516. The van der Waals surface area contributed by atoms with Gasteiger partial charge in [-0.25, -0.2) is 4.39 Å². The van der Waals surface area contributed by atoms with Crippen LogP contribution >= 0.6 is 0 Å². The van der Waals surface area contributed by atoms with Gasteiger partial charge in [0, 0.05) is 5.56 Å². The highest BCUT2D eigenvalue weighted by Gasteiger charge is 2.17. The maximum atomic E-state index is 13.2. The number of phenols is 1. The third-order valence-corrected chi connectivity index (χ3v) is 2.85. The van der Waals surface area contributed by atoms with Crippen molar-refractivity contribution in [3.8, 4) is 5.75 Å². The molecule has 2 aromatic rings. The van der Waals surface area contributed by atoms with E-state index in [4.69, 9.17) is 0 Å². The summed E-state index contributed by atoms with van der Waals surface area (Å²) >= 11 is 0. The van der Waals surface area contributed by atoms with Gasteiger partial charge in [0.1, 0.15) is 17.3 Å². The predicted octanol–water partition coefficient (Wildman–Crippen LogP) is 3.00. The Morgan fingerprint density at radius 2 is 2.00 bits per heavy atom. The molecule has 0 saturated carbocycles. The number of nitrogens with zero attached hydrogens (tertiary/aromatic N) is 1. The summed E-state index contributed by atoms with van der Waals surface area (Å²) in [4.78, 5) is 22.2. The molecule has 0 fully saturated rings. The van der Waals surface area contributed by atoms with Gasteiger partial charge in [-0.1, -0.05) is 0 Å². The predicted molar refractivity (Wildman–Crippen MR) is 73.9 cm³/mol. The van der Waals surface area contributed by atoms with E-state index in [1.165, 1.54) is 31.2 Å². The number of hydrogen-bond acceptors (Lipinski definition) is 4. The minimum atomic E-state index is -0.717. The lowest BCUT2D eigenvalue weighted by Crippen LogP contribution is -2.13. The van der Waals surface area contributed by atoms with Gasteiger partial charge in [-0.05, 0) is 42.8 Å². The van der Waals surface area contributed by atoms with Gasteiger partial charge in [-0.2, -0.15) is 0 Å². The Morgan fingerprint density at radius 1 is 1.29 bits per heavy atom. The van der Waals surface area contributed by atoms with E-state index >= 15 is 0 Å². The minimum absolute atomic E-state index is 0.0511. The van der Waals surface area contributed by atoms with Crippen LogP contribution in [0.25, 0.3) is 0 Å². The Labute approximate surface area is 119 Å². The van der Waals surface area contributed by atoms with E-state index in [1.54, 1.807) is 0 Å². The van der Waals surface area contributed by atoms with Crippen LogP contribution in [0.2, 0.25) is 0 Å². The molecule has 6 nitrogen and oxygen atoms in total. The van der Waals surface area contributed by atoms with Gasteiger partial charge in [-0.15, -0.1) is 0 Å². The van der Waals surface area contributed by atoms with Gasteiger partial charge in [0.15, 0.2) is 0 Å². The summed E-state index contributed by atoms with van der Waals surface area (Å²) in [5.74, 6) is -1.33. The maximum absolute atomic E-state index is 13.2. The molecule has 1 amide bonds. The van der Waals surface area contributed by atoms with Crippen molar-refractivity contribution in [2.24, 2.45) is 0 Å². The first-order chi connectivity index (χ1) is 9.88. The number of aryl methyl sites for hydroxylation is 1. The first-order valence-electron chi connectivity index (χ1n) is 5.93. The number of nitro benzene ring substituents is 1. The number of carbonyl (C=O) groups is 1. The van der Waals surface area contributed by atoms with Crippen molar-refractivity contribution in [1.82, 2.24) is 0 Å². The summed E-state index contributed by atoms with van der Waals surface area (Å²) < 4.78 is 13.2.